The maximum Gasteiger partial charge on any atom is 0.170 e. The topological polar surface area (TPSA) is 114 Å². The van der Waals surface area contributed by atoms with Crippen molar-refractivity contribution < 1.29 is 18.4 Å². The molecule has 0 unspecified atom stereocenters. The van der Waals surface area contributed by atoms with Crippen LogP contribution in [0.1, 0.15) is 5.56 Å². The second-order valence-electron chi connectivity index (χ2n) is 4.24. The van der Waals surface area contributed by atoms with Crippen molar-refractivity contribution in [3.63, 3.8) is 0 Å². The average Bonchev–Trinajstić information content (AvgIpc) is 2.41. The predicted octanol–water partition coefficient (Wildman–Crippen LogP) is -0.206. The molecule has 0 saturated carbocycles. The van der Waals surface area contributed by atoms with Crippen LogP contribution in [0.3, 0.4) is 0 Å². The van der Waals surface area contributed by atoms with E-state index in [0.29, 0.717) is 31.0 Å². The van der Waals surface area contributed by atoms with Crippen LogP contribution in [0, 0.1) is 0 Å². The van der Waals surface area contributed by atoms with Crippen LogP contribution in [0.4, 0.5) is 0 Å². The first kappa shape index (κ1) is 16.3. The molecule has 8 heteroatoms. The fourth-order valence-electron chi connectivity index (χ4n) is 1.40. The Kier molecular flexibility index (Phi) is 6.26. The van der Waals surface area contributed by atoms with E-state index in [1.54, 1.807) is 24.3 Å². The highest BCUT2D eigenvalue weighted by atomic mass is 32.2. The van der Waals surface area contributed by atoms with Crippen molar-refractivity contribution in [2.45, 2.75) is 0 Å². The zero-order valence-corrected chi connectivity index (χ0v) is 12.1. The second kappa shape index (κ2) is 7.71. The number of sulfone groups is 1. The molecule has 0 aliphatic heterocycles. The van der Waals surface area contributed by atoms with Gasteiger partial charge in [-0.15, -0.1) is 0 Å². The Balaban J connectivity index is 2.26. The summed E-state index contributed by atoms with van der Waals surface area (Å²) in [5.41, 5.74) is 6.04. The van der Waals surface area contributed by atoms with Gasteiger partial charge in [-0.1, -0.05) is 5.16 Å². The van der Waals surface area contributed by atoms with E-state index in [1.807, 2.05) is 0 Å². The summed E-state index contributed by atoms with van der Waals surface area (Å²) in [7, 11) is -2.93. The number of nitrogens with two attached hydrogens (primary N) is 1. The number of nitrogens with one attached hydrogen (secondary N) is 1. The highest BCUT2D eigenvalue weighted by Gasteiger charge is 2.01. The van der Waals surface area contributed by atoms with E-state index in [9.17, 15) is 8.42 Å². The molecule has 0 aromatic heterocycles. The third-order valence-electron chi connectivity index (χ3n) is 2.46. The second-order valence-corrected chi connectivity index (χ2v) is 6.50. The number of hydrogen-bond acceptors (Lipinski definition) is 6. The lowest BCUT2D eigenvalue weighted by Gasteiger charge is -2.08. The number of hydrogen-bond donors (Lipinski definition) is 3. The molecular formula is C12H19N3O4S. The van der Waals surface area contributed by atoms with Gasteiger partial charge in [0, 0.05) is 24.9 Å². The maximum absolute atomic E-state index is 10.9. The van der Waals surface area contributed by atoms with Crippen LogP contribution in [0.5, 0.6) is 5.75 Å². The molecule has 20 heavy (non-hydrogen) atoms. The van der Waals surface area contributed by atoms with Crippen molar-refractivity contribution in [2.24, 2.45) is 10.9 Å². The van der Waals surface area contributed by atoms with Crippen LogP contribution < -0.4 is 15.8 Å². The largest absolute Gasteiger partial charge is 0.492 e. The summed E-state index contributed by atoms with van der Waals surface area (Å²) in [6.45, 7) is 1.38. The van der Waals surface area contributed by atoms with E-state index in [4.69, 9.17) is 15.7 Å². The molecule has 0 spiro atoms. The summed E-state index contributed by atoms with van der Waals surface area (Å²) in [5.74, 6) is 0.810. The van der Waals surface area contributed by atoms with E-state index in [2.05, 4.69) is 10.5 Å². The van der Waals surface area contributed by atoms with E-state index >= 15 is 0 Å². The Morgan fingerprint density at radius 1 is 1.35 bits per heavy atom. The molecule has 4 N–H and O–H groups in total. The van der Waals surface area contributed by atoms with Crippen molar-refractivity contribution in [1.29, 1.82) is 0 Å². The van der Waals surface area contributed by atoms with Crippen molar-refractivity contribution in [1.82, 2.24) is 5.32 Å². The average molecular weight is 301 g/mol. The van der Waals surface area contributed by atoms with Crippen molar-refractivity contribution in [2.75, 3.05) is 31.7 Å². The van der Waals surface area contributed by atoms with Crippen LogP contribution in [0.2, 0.25) is 0 Å². The third kappa shape index (κ3) is 6.39. The third-order valence-corrected chi connectivity index (χ3v) is 3.40. The molecule has 7 nitrogen and oxygen atoms in total. The smallest absolute Gasteiger partial charge is 0.170 e. The quantitative estimate of drug-likeness (QED) is 0.201. The Labute approximate surface area is 118 Å². The molecule has 1 aromatic carbocycles. The normalized spacial score (nSPS) is 12.3. The Bertz CT molecular complexity index is 540. The molecule has 0 radical (unpaired) electrons. The number of oxime groups is 1. The number of rotatable bonds is 8. The molecule has 0 aliphatic carbocycles. The summed E-state index contributed by atoms with van der Waals surface area (Å²) in [6, 6.07) is 6.79. The molecule has 0 amide bonds. The minimum Gasteiger partial charge on any atom is -0.492 e. The highest BCUT2D eigenvalue weighted by Crippen LogP contribution is 2.11. The van der Waals surface area contributed by atoms with Gasteiger partial charge in [-0.05, 0) is 24.3 Å². The highest BCUT2D eigenvalue weighted by molar-refractivity contribution is 7.90. The van der Waals surface area contributed by atoms with Gasteiger partial charge in [0.05, 0.1) is 5.75 Å². The minimum atomic E-state index is -2.93. The van der Waals surface area contributed by atoms with Gasteiger partial charge in [-0.25, -0.2) is 8.42 Å². The zero-order chi connectivity index (χ0) is 15.0. The first-order valence-electron chi connectivity index (χ1n) is 6.01. The van der Waals surface area contributed by atoms with Crippen molar-refractivity contribution in [3.05, 3.63) is 29.8 Å². The van der Waals surface area contributed by atoms with Gasteiger partial charge in [0.2, 0.25) is 0 Å². The lowest BCUT2D eigenvalue weighted by Crippen LogP contribution is -2.26. The number of nitrogens with zero attached hydrogens (tertiary/aromatic N) is 1. The molecule has 0 aliphatic rings. The predicted molar refractivity (Wildman–Crippen MR) is 77.0 cm³/mol. The van der Waals surface area contributed by atoms with Crippen LogP contribution in [-0.4, -0.2) is 51.2 Å². The van der Waals surface area contributed by atoms with Gasteiger partial charge >= 0.3 is 0 Å². The molecule has 0 heterocycles. The SMILES string of the molecule is CS(=O)(=O)CCNCCOc1ccc(C(N)=NO)cc1. The first-order chi connectivity index (χ1) is 9.42. The number of ether oxygens (including phenoxy) is 1. The monoisotopic (exact) mass is 301 g/mol. The Hall–Kier alpha value is -1.80. The van der Waals surface area contributed by atoms with Gasteiger partial charge in [0.15, 0.2) is 5.84 Å². The van der Waals surface area contributed by atoms with E-state index < -0.39 is 9.84 Å². The van der Waals surface area contributed by atoms with Crippen LogP contribution >= 0.6 is 0 Å². The lowest BCUT2D eigenvalue weighted by molar-refractivity contribution is 0.315. The number of amidine groups is 1. The Morgan fingerprint density at radius 3 is 2.55 bits per heavy atom. The van der Waals surface area contributed by atoms with Crippen molar-refractivity contribution >= 4 is 15.7 Å². The lowest BCUT2D eigenvalue weighted by atomic mass is 10.2. The zero-order valence-electron chi connectivity index (χ0n) is 11.2. The van der Waals surface area contributed by atoms with E-state index in [1.165, 1.54) is 6.26 Å². The fraction of sp³-hybridized carbons (Fsp3) is 0.417. The molecular weight excluding hydrogens is 282 g/mol. The summed E-state index contributed by atoms with van der Waals surface area (Å²) in [6.07, 6.45) is 1.20. The number of benzene rings is 1. The maximum atomic E-state index is 10.9. The molecule has 1 aromatic rings. The standard InChI is InChI=1S/C12H19N3O4S/c1-20(17,18)9-7-14-6-8-19-11-4-2-10(3-5-11)12(13)15-16/h2-5,14,16H,6-9H2,1H3,(H2,13,15). The molecule has 1 rings (SSSR count). The van der Waals surface area contributed by atoms with Crippen molar-refractivity contribution in [3.8, 4) is 5.75 Å². The summed E-state index contributed by atoms with van der Waals surface area (Å²) in [5, 5.41) is 14.4. The van der Waals surface area contributed by atoms with Gasteiger partial charge < -0.3 is 21.0 Å². The Morgan fingerprint density at radius 2 is 2.00 bits per heavy atom. The summed E-state index contributed by atoms with van der Waals surface area (Å²) < 4.78 is 27.2. The summed E-state index contributed by atoms with van der Waals surface area (Å²) >= 11 is 0. The molecule has 0 atom stereocenters. The first-order valence-corrected chi connectivity index (χ1v) is 8.07. The van der Waals surface area contributed by atoms with Crippen LogP contribution in [0.25, 0.3) is 0 Å². The van der Waals surface area contributed by atoms with Gasteiger partial charge in [0.25, 0.3) is 0 Å². The molecule has 0 saturated heterocycles. The summed E-state index contributed by atoms with van der Waals surface area (Å²) in [4.78, 5) is 0. The van der Waals surface area contributed by atoms with Gasteiger partial charge in [-0.3, -0.25) is 0 Å². The molecule has 0 bridgehead atoms. The van der Waals surface area contributed by atoms with E-state index in [-0.39, 0.29) is 11.6 Å². The van der Waals surface area contributed by atoms with E-state index in [0.717, 1.165) is 0 Å². The van der Waals surface area contributed by atoms with Gasteiger partial charge in [0.1, 0.15) is 22.2 Å². The molecule has 0 fully saturated rings. The minimum absolute atomic E-state index is 0.0407. The van der Waals surface area contributed by atoms with Crippen LogP contribution in [0.15, 0.2) is 29.4 Å². The van der Waals surface area contributed by atoms with Crippen LogP contribution in [-0.2, 0) is 9.84 Å². The van der Waals surface area contributed by atoms with Gasteiger partial charge in [-0.2, -0.15) is 0 Å². The molecule has 112 valence electrons. The fourth-order valence-corrected chi connectivity index (χ4v) is 1.92.